The smallest absolute Gasteiger partial charge is 0.319 e. The van der Waals surface area contributed by atoms with Gasteiger partial charge in [-0.2, -0.15) is 0 Å². The maximum absolute atomic E-state index is 12.1. The molecule has 0 saturated carbocycles. The van der Waals surface area contributed by atoms with Gasteiger partial charge in [-0.3, -0.25) is 4.90 Å². The minimum Gasteiger partial charge on any atom is -0.379 e. The molecular weight excluding hydrogens is 346 g/mol. The molecule has 0 unspecified atom stereocenters. The van der Waals surface area contributed by atoms with Gasteiger partial charge in [0.15, 0.2) is 0 Å². The number of anilines is 1. The molecule has 1 aromatic rings. The molecule has 1 aromatic carbocycles. The van der Waals surface area contributed by atoms with E-state index in [1.807, 2.05) is 25.1 Å². The van der Waals surface area contributed by atoms with Crippen LogP contribution in [0.3, 0.4) is 0 Å². The van der Waals surface area contributed by atoms with Crippen LogP contribution in [0.25, 0.3) is 0 Å². The van der Waals surface area contributed by atoms with E-state index in [-0.39, 0.29) is 11.6 Å². The molecule has 0 aliphatic carbocycles. The SMILES string of the molecule is Cc1ccc(Br)cc1NC(=O)NCC(C)(C)N1CCOCC1. The lowest BCUT2D eigenvalue weighted by molar-refractivity contribution is -0.00863. The Labute approximate surface area is 140 Å². The number of amides is 2. The first kappa shape index (κ1) is 17.2. The Morgan fingerprint density at radius 2 is 2.05 bits per heavy atom. The number of carbonyl (C=O) groups is 1. The Balaban J connectivity index is 1.87. The van der Waals surface area contributed by atoms with Crippen LogP contribution in [0.2, 0.25) is 0 Å². The van der Waals surface area contributed by atoms with Crippen molar-refractivity contribution in [2.75, 3.05) is 38.2 Å². The number of nitrogens with one attached hydrogen (secondary N) is 2. The zero-order valence-corrected chi connectivity index (χ0v) is 15.0. The number of rotatable bonds is 4. The van der Waals surface area contributed by atoms with Crippen LogP contribution < -0.4 is 10.6 Å². The molecule has 2 amide bonds. The summed E-state index contributed by atoms with van der Waals surface area (Å²) in [5, 5.41) is 5.87. The maximum atomic E-state index is 12.1. The summed E-state index contributed by atoms with van der Waals surface area (Å²) < 4.78 is 6.32. The monoisotopic (exact) mass is 369 g/mol. The highest BCUT2D eigenvalue weighted by atomic mass is 79.9. The zero-order valence-electron chi connectivity index (χ0n) is 13.4. The number of benzene rings is 1. The molecule has 1 aliphatic rings. The molecule has 0 aromatic heterocycles. The van der Waals surface area contributed by atoms with Crippen molar-refractivity contribution in [3.8, 4) is 0 Å². The van der Waals surface area contributed by atoms with Crippen LogP contribution in [0.4, 0.5) is 10.5 Å². The first-order chi connectivity index (χ1) is 10.4. The van der Waals surface area contributed by atoms with E-state index in [0.29, 0.717) is 6.54 Å². The van der Waals surface area contributed by atoms with E-state index in [4.69, 9.17) is 4.74 Å². The number of nitrogens with zero attached hydrogens (tertiary/aromatic N) is 1. The highest BCUT2D eigenvalue weighted by Crippen LogP contribution is 2.20. The second-order valence-electron chi connectivity index (χ2n) is 6.18. The molecular formula is C16H24BrN3O2. The fourth-order valence-corrected chi connectivity index (χ4v) is 2.83. The van der Waals surface area contributed by atoms with Gasteiger partial charge in [-0.15, -0.1) is 0 Å². The van der Waals surface area contributed by atoms with Gasteiger partial charge in [0.25, 0.3) is 0 Å². The van der Waals surface area contributed by atoms with Crippen molar-refractivity contribution < 1.29 is 9.53 Å². The fraction of sp³-hybridized carbons (Fsp3) is 0.562. The van der Waals surface area contributed by atoms with Gasteiger partial charge in [0.1, 0.15) is 0 Å². The second-order valence-corrected chi connectivity index (χ2v) is 7.09. The van der Waals surface area contributed by atoms with Gasteiger partial charge in [0, 0.05) is 35.3 Å². The van der Waals surface area contributed by atoms with Crippen LogP contribution in [0.1, 0.15) is 19.4 Å². The van der Waals surface area contributed by atoms with E-state index >= 15 is 0 Å². The lowest BCUT2D eigenvalue weighted by atomic mass is 10.0. The second kappa shape index (κ2) is 7.44. The average Bonchev–Trinajstić information content (AvgIpc) is 2.50. The van der Waals surface area contributed by atoms with Crippen molar-refractivity contribution in [3.63, 3.8) is 0 Å². The Morgan fingerprint density at radius 3 is 2.73 bits per heavy atom. The number of hydrogen-bond acceptors (Lipinski definition) is 3. The lowest BCUT2D eigenvalue weighted by Gasteiger charge is -2.40. The van der Waals surface area contributed by atoms with Crippen molar-refractivity contribution in [2.24, 2.45) is 0 Å². The van der Waals surface area contributed by atoms with E-state index in [1.165, 1.54) is 0 Å². The molecule has 5 nitrogen and oxygen atoms in total. The van der Waals surface area contributed by atoms with Crippen LogP contribution in [0.15, 0.2) is 22.7 Å². The summed E-state index contributed by atoms with van der Waals surface area (Å²) in [6.45, 7) is 10.2. The molecule has 2 N–H and O–H groups in total. The molecule has 1 aliphatic heterocycles. The van der Waals surface area contributed by atoms with E-state index in [2.05, 4.69) is 45.3 Å². The molecule has 122 valence electrons. The van der Waals surface area contributed by atoms with Gasteiger partial charge in [0.05, 0.1) is 13.2 Å². The molecule has 0 radical (unpaired) electrons. The number of ether oxygens (including phenoxy) is 1. The van der Waals surface area contributed by atoms with E-state index in [1.54, 1.807) is 0 Å². The first-order valence-electron chi connectivity index (χ1n) is 7.52. The highest BCUT2D eigenvalue weighted by Gasteiger charge is 2.28. The van der Waals surface area contributed by atoms with Gasteiger partial charge in [0.2, 0.25) is 0 Å². The maximum Gasteiger partial charge on any atom is 0.319 e. The molecule has 6 heteroatoms. The predicted molar refractivity (Wildman–Crippen MR) is 92.4 cm³/mol. The van der Waals surface area contributed by atoms with E-state index in [0.717, 1.165) is 42.0 Å². The summed E-state index contributed by atoms with van der Waals surface area (Å²) in [5.41, 5.74) is 1.76. The Hall–Kier alpha value is -1.11. The van der Waals surface area contributed by atoms with E-state index in [9.17, 15) is 4.79 Å². The molecule has 0 spiro atoms. The molecule has 0 bridgehead atoms. The molecule has 1 saturated heterocycles. The summed E-state index contributed by atoms with van der Waals surface area (Å²) in [6, 6.07) is 5.65. The number of morpholine rings is 1. The molecule has 2 rings (SSSR count). The van der Waals surface area contributed by atoms with E-state index < -0.39 is 0 Å². The largest absolute Gasteiger partial charge is 0.379 e. The van der Waals surface area contributed by atoms with Crippen LogP contribution >= 0.6 is 15.9 Å². The van der Waals surface area contributed by atoms with Crippen molar-refractivity contribution in [3.05, 3.63) is 28.2 Å². The molecule has 1 fully saturated rings. The number of carbonyl (C=O) groups excluding carboxylic acids is 1. The third-order valence-electron chi connectivity index (χ3n) is 4.00. The van der Waals surface area contributed by atoms with Gasteiger partial charge < -0.3 is 15.4 Å². The topological polar surface area (TPSA) is 53.6 Å². The van der Waals surface area contributed by atoms with Gasteiger partial charge in [-0.05, 0) is 38.5 Å². The normalized spacial score (nSPS) is 16.4. The average molecular weight is 370 g/mol. The third kappa shape index (κ3) is 4.69. The molecule has 1 heterocycles. The van der Waals surface area contributed by atoms with Gasteiger partial charge in [-0.1, -0.05) is 22.0 Å². The van der Waals surface area contributed by atoms with Crippen LogP contribution in [0.5, 0.6) is 0 Å². The van der Waals surface area contributed by atoms with Crippen molar-refractivity contribution >= 4 is 27.6 Å². The Bertz CT molecular complexity index is 528. The van der Waals surface area contributed by atoms with Gasteiger partial charge in [-0.25, -0.2) is 4.79 Å². The van der Waals surface area contributed by atoms with Crippen LogP contribution in [-0.2, 0) is 4.74 Å². The minimum atomic E-state index is -0.178. The summed E-state index contributed by atoms with van der Waals surface area (Å²) in [6.07, 6.45) is 0. The quantitative estimate of drug-likeness (QED) is 0.857. The van der Waals surface area contributed by atoms with Crippen LogP contribution in [-0.4, -0.2) is 49.3 Å². The lowest BCUT2D eigenvalue weighted by Crippen LogP contribution is -2.55. The number of aryl methyl sites for hydroxylation is 1. The first-order valence-corrected chi connectivity index (χ1v) is 8.31. The fourth-order valence-electron chi connectivity index (χ4n) is 2.47. The number of halogens is 1. The zero-order chi connectivity index (χ0) is 16.2. The molecule has 22 heavy (non-hydrogen) atoms. The Morgan fingerprint density at radius 1 is 1.36 bits per heavy atom. The Kier molecular flexibility index (Phi) is 5.83. The summed E-state index contributed by atoms with van der Waals surface area (Å²) in [4.78, 5) is 14.5. The summed E-state index contributed by atoms with van der Waals surface area (Å²) in [5.74, 6) is 0. The standard InChI is InChI=1S/C16H24BrN3O2/c1-12-4-5-13(17)10-14(12)19-15(21)18-11-16(2,3)20-6-8-22-9-7-20/h4-5,10H,6-9,11H2,1-3H3,(H2,18,19,21). The van der Waals surface area contributed by atoms with Gasteiger partial charge >= 0.3 is 6.03 Å². The number of hydrogen-bond donors (Lipinski definition) is 2. The van der Waals surface area contributed by atoms with Crippen LogP contribution in [0, 0.1) is 6.92 Å². The van der Waals surface area contributed by atoms with Crippen molar-refractivity contribution in [1.82, 2.24) is 10.2 Å². The van der Waals surface area contributed by atoms with Crippen molar-refractivity contribution in [2.45, 2.75) is 26.3 Å². The highest BCUT2D eigenvalue weighted by molar-refractivity contribution is 9.10. The molecule has 0 atom stereocenters. The minimum absolute atomic E-state index is 0.0898. The number of urea groups is 1. The predicted octanol–water partition coefficient (Wildman–Crippen LogP) is 2.99. The third-order valence-corrected chi connectivity index (χ3v) is 4.49. The summed E-state index contributed by atoms with van der Waals surface area (Å²) in [7, 11) is 0. The summed E-state index contributed by atoms with van der Waals surface area (Å²) >= 11 is 3.42. The van der Waals surface area contributed by atoms with Crippen molar-refractivity contribution in [1.29, 1.82) is 0 Å².